The molecule has 0 atom stereocenters. The molecule has 0 aliphatic carbocycles. The molecule has 0 spiro atoms. The Labute approximate surface area is 102 Å². The van der Waals surface area contributed by atoms with E-state index >= 15 is 0 Å². The van der Waals surface area contributed by atoms with Crippen LogP contribution in [0.4, 0.5) is 0 Å². The summed E-state index contributed by atoms with van der Waals surface area (Å²) in [5.41, 5.74) is 0.932. The molecule has 0 N–H and O–H groups in total. The van der Waals surface area contributed by atoms with Crippen molar-refractivity contribution in [2.45, 2.75) is 0 Å². The summed E-state index contributed by atoms with van der Waals surface area (Å²) in [6.45, 7) is 0. The Bertz CT molecular complexity index is 586. The molecule has 2 rings (SSSR count). The molecule has 2 aromatic rings. The van der Waals surface area contributed by atoms with E-state index in [4.69, 9.17) is 16.3 Å². The van der Waals surface area contributed by atoms with E-state index < -0.39 is 5.97 Å². The molecule has 0 saturated carbocycles. The number of ether oxygens (including phenoxy) is 2. The normalized spacial score (nSPS) is 10.3. The van der Waals surface area contributed by atoms with Crippen LogP contribution in [0.25, 0.3) is 10.9 Å². The SMILES string of the molecule is COC(=O)c1ccc2c(OC)nc(Cl)nc2c1. The minimum absolute atomic E-state index is 0.0661. The maximum absolute atomic E-state index is 11.4. The zero-order valence-electron chi connectivity index (χ0n) is 9.23. The summed E-state index contributed by atoms with van der Waals surface area (Å²) in [7, 11) is 2.81. The Morgan fingerprint density at radius 1 is 1.29 bits per heavy atom. The number of esters is 1. The number of aromatic nitrogens is 2. The van der Waals surface area contributed by atoms with Crippen LogP contribution in [0.3, 0.4) is 0 Å². The van der Waals surface area contributed by atoms with Crippen LogP contribution >= 0.6 is 11.6 Å². The Morgan fingerprint density at radius 3 is 2.71 bits per heavy atom. The van der Waals surface area contributed by atoms with Gasteiger partial charge in [0.1, 0.15) is 0 Å². The lowest BCUT2D eigenvalue weighted by molar-refractivity contribution is 0.0601. The third kappa shape index (κ3) is 2.14. The Morgan fingerprint density at radius 2 is 2.06 bits per heavy atom. The molecular weight excluding hydrogens is 244 g/mol. The van der Waals surface area contributed by atoms with Crippen LogP contribution in [0.2, 0.25) is 5.28 Å². The van der Waals surface area contributed by atoms with Gasteiger partial charge in [0.2, 0.25) is 11.2 Å². The lowest BCUT2D eigenvalue weighted by Crippen LogP contribution is -2.01. The number of halogens is 1. The minimum Gasteiger partial charge on any atom is -0.480 e. The van der Waals surface area contributed by atoms with Crippen LogP contribution in [0, 0.1) is 0 Å². The quantitative estimate of drug-likeness (QED) is 0.605. The van der Waals surface area contributed by atoms with Gasteiger partial charge < -0.3 is 9.47 Å². The zero-order chi connectivity index (χ0) is 12.4. The maximum atomic E-state index is 11.4. The fraction of sp³-hybridized carbons (Fsp3) is 0.182. The summed E-state index contributed by atoms with van der Waals surface area (Å²) >= 11 is 5.75. The van der Waals surface area contributed by atoms with Crippen molar-refractivity contribution in [1.82, 2.24) is 9.97 Å². The van der Waals surface area contributed by atoms with Crippen molar-refractivity contribution < 1.29 is 14.3 Å². The first kappa shape index (κ1) is 11.6. The fourth-order valence-electron chi connectivity index (χ4n) is 1.47. The predicted molar refractivity (Wildman–Crippen MR) is 62.4 cm³/mol. The highest BCUT2D eigenvalue weighted by molar-refractivity contribution is 6.28. The highest BCUT2D eigenvalue weighted by Crippen LogP contribution is 2.24. The van der Waals surface area contributed by atoms with Crippen molar-refractivity contribution in [2.24, 2.45) is 0 Å². The van der Waals surface area contributed by atoms with Crippen molar-refractivity contribution in [2.75, 3.05) is 14.2 Å². The average molecular weight is 253 g/mol. The van der Waals surface area contributed by atoms with Crippen molar-refractivity contribution in [3.05, 3.63) is 29.0 Å². The van der Waals surface area contributed by atoms with E-state index in [-0.39, 0.29) is 5.28 Å². The summed E-state index contributed by atoms with van der Waals surface area (Å²) in [4.78, 5) is 19.3. The van der Waals surface area contributed by atoms with Crippen molar-refractivity contribution in [3.8, 4) is 5.88 Å². The molecule has 0 bridgehead atoms. The summed E-state index contributed by atoms with van der Waals surface area (Å²) < 4.78 is 9.71. The Hall–Kier alpha value is -1.88. The number of nitrogens with zero attached hydrogens (tertiary/aromatic N) is 2. The van der Waals surface area contributed by atoms with Crippen LogP contribution in [-0.4, -0.2) is 30.2 Å². The number of hydrogen-bond donors (Lipinski definition) is 0. The first-order chi connectivity index (χ1) is 8.15. The standard InChI is InChI=1S/C11H9ClN2O3/c1-16-9-7-4-3-6(10(15)17-2)5-8(7)13-11(12)14-9/h3-5H,1-2H3. The van der Waals surface area contributed by atoms with Crippen molar-refractivity contribution in [3.63, 3.8) is 0 Å². The van der Waals surface area contributed by atoms with Gasteiger partial charge in [-0.05, 0) is 29.8 Å². The Balaban J connectivity index is 2.65. The van der Waals surface area contributed by atoms with Crippen LogP contribution in [0.15, 0.2) is 18.2 Å². The smallest absolute Gasteiger partial charge is 0.337 e. The van der Waals surface area contributed by atoms with E-state index in [1.165, 1.54) is 14.2 Å². The van der Waals surface area contributed by atoms with Gasteiger partial charge in [-0.3, -0.25) is 0 Å². The second kappa shape index (κ2) is 4.55. The number of fused-ring (bicyclic) bond motifs is 1. The summed E-state index contributed by atoms with van der Waals surface area (Å²) in [6, 6.07) is 4.89. The molecule has 1 heterocycles. The topological polar surface area (TPSA) is 61.3 Å². The highest BCUT2D eigenvalue weighted by atomic mass is 35.5. The fourth-order valence-corrected chi connectivity index (χ4v) is 1.64. The van der Waals surface area contributed by atoms with E-state index in [2.05, 4.69) is 14.7 Å². The van der Waals surface area contributed by atoms with Gasteiger partial charge in [-0.2, -0.15) is 4.98 Å². The first-order valence-electron chi connectivity index (χ1n) is 4.75. The van der Waals surface area contributed by atoms with Gasteiger partial charge in [-0.25, -0.2) is 9.78 Å². The van der Waals surface area contributed by atoms with Gasteiger partial charge in [0.05, 0.1) is 30.7 Å². The van der Waals surface area contributed by atoms with E-state index in [0.717, 1.165) is 0 Å². The number of methoxy groups -OCH3 is 2. The van der Waals surface area contributed by atoms with Crippen molar-refractivity contribution >= 4 is 28.5 Å². The largest absolute Gasteiger partial charge is 0.480 e. The highest BCUT2D eigenvalue weighted by Gasteiger charge is 2.11. The second-order valence-corrected chi connectivity index (χ2v) is 3.56. The molecule has 0 aliphatic heterocycles. The van der Waals surface area contributed by atoms with Gasteiger partial charge in [0.15, 0.2) is 0 Å². The van der Waals surface area contributed by atoms with Gasteiger partial charge in [0, 0.05) is 0 Å². The van der Waals surface area contributed by atoms with E-state index in [1.54, 1.807) is 18.2 Å². The Kier molecular flexibility index (Phi) is 3.10. The third-order valence-corrected chi connectivity index (χ3v) is 2.42. The van der Waals surface area contributed by atoms with Crippen LogP contribution in [0.1, 0.15) is 10.4 Å². The van der Waals surface area contributed by atoms with Gasteiger partial charge in [-0.15, -0.1) is 0 Å². The van der Waals surface area contributed by atoms with Gasteiger partial charge >= 0.3 is 5.97 Å². The van der Waals surface area contributed by atoms with E-state index in [1.807, 2.05) is 0 Å². The molecule has 0 saturated heterocycles. The summed E-state index contributed by atoms with van der Waals surface area (Å²) in [5.74, 6) is -0.0583. The van der Waals surface area contributed by atoms with Gasteiger partial charge in [-0.1, -0.05) is 0 Å². The van der Waals surface area contributed by atoms with Crippen molar-refractivity contribution in [1.29, 1.82) is 0 Å². The van der Waals surface area contributed by atoms with Crippen LogP contribution in [0.5, 0.6) is 5.88 Å². The predicted octanol–water partition coefficient (Wildman–Crippen LogP) is 2.08. The number of benzene rings is 1. The third-order valence-electron chi connectivity index (χ3n) is 2.25. The zero-order valence-corrected chi connectivity index (χ0v) is 9.99. The molecule has 1 aromatic carbocycles. The molecule has 6 heteroatoms. The van der Waals surface area contributed by atoms with Gasteiger partial charge in [0.25, 0.3) is 0 Å². The summed E-state index contributed by atoms with van der Waals surface area (Å²) in [5, 5.41) is 0.751. The molecular formula is C11H9ClN2O3. The van der Waals surface area contributed by atoms with E-state index in [9.17, 15) is 4.79 Å². The molecule has 0 aliphatic rings. The number of carbonyl (C=O) groups is 1. The number of carbonyl (C=O) groups excluding carboxylic acids is 1. The van der Waals surface area contributed by atoms with Crippen LogP contribution < -0.4 is 4.74 Å². The maximum Gasteiger partial charge on any atom is 0.337 e. The minimum atomic E-state index is -0.430. The lowest BCUT2D eigenvalue weighted by Gasteiger charge is -2.05. The number of hydrogen-bond acceptors (Lipinski definition) is 5. The molecule has 88 valence electrons. The number of rotatable bonds is 2. The average Bonchev–Trinajstić information content (AvgIpc) is 2.35. The summed E-state index contributed by atoms with van der Waals surface area (Å²) in [6.07, 6.45) is 0. The monoisotopic (exact) mass is 252 g/mol. The van der Waals surface area contributed by atoms with E-state index in [0.29, 0.717) is 22.3 Å². The molecule has 0 unspecified atom stereocenters. The molecule has 0 amide bonds. The molecule has 0 radical (unpaired) electrons. The lowest BCUT2D eigenvalue weighted by atomic mass is 10.1. The first-order valence-corrected chi connectivity index (χ1v) is 5.13. The molecule has 5 nitrogen and oxygen atoms in total. The molecule has 1 aromatic heterocycles. The molecule has 17 heavy (non-hydrogen) atoms. The van der Waals surface area contributed by atoms with Crippen LogP contribution in [-0.2, 0) is 4.74 Å². The second-order valence-electron chi connectivity index (χ2n) is 3.23. The molecule has 0 fully saturated rings.